The number of hydrogen-bond donors (Lipinski definition) is 2. The van der Waals surface area contributed by atoms with E-state index in [1.54, 1.807) is 11.3 Å². The lowest BCUT2D eigenvalue weighted by atomic mass is 10.1. The van der Waals surface area contributed by atoms with E-state index in [9.17, 15) is 13.2 Å². The summed E-state index contributed by atoms with van der Waals surface area (Å²) in [6.45, 7) is 1.89. The molecule has 0 bridgehead atoms. The third kappa shape index (κ3) is 3.82. The fourth-order valence-corrected chi connectivity index (χ4v) is 2.65. The summed E-state index contributed by atoms with van der Waals surface area (Å²) >= 11 is 1.74. The number of halogens is 3. The minimum absolute atomic E-state index is 0.335. The molecule has 21 heavy (non-hydrogen) atoms. The molecule has 1 aliphatic heterocycles. The number of para-hydroxylation sites is 1. The number of nitrogens with two attached hydrogens (primary N) is 1. The molecule has 0 unspecified atom stereocenters. The molecule has 2 heterocycles. The fourth-order valence-electron chi connectivity index (χ4n) is 1.66. The number of carboxylic acids is 1. The predicted molar refractivity (Wildman–Crippen MR) is 73.5 cm³/mol. The summed E-state index contributed by atoms with van der Waals surface area (Å²) in [6, 6.07) is 8.56. The van der Waals surface area contributed by atoms with Crippen LogP contribution in [-0.2, 0) is 4.79 Å². The van der Waals surface area contributed by atoms with E-state index in [-0.39, 0.29) is 0 Å². The first-order valence-corrected chi connectivity index (χ1v) is 6.75. The Morgan fingerprint density at radius 3 is 2.43 bits per heavy atom. The van der Waals surface area contributed by atoms with Crippen LogP contribution in [-0.4, -0.2) is 41.4 Å². The van der Waals surface area contributed by atoms with Crippen molar-refractivity contribution < 1.29 is 23.1 Å². The van der Waals surface area contributed by atoms with Crippen LogP contribution in [0.2, 0.25) is 0 Å². The van der Waals surface area contributed by atoms with Crippen LogP contribution in [0.3, 0.4) is 0 Å². The summed E-state index contributed by atoms with van der Waals surface area (Å²) in [7, 11) is 0. The molecular weight excluding hydrogens is 307 g/mol. The summed E-state index contributed by atoms with van der Waals surface area (Å²) in [5.74, 6) is -2.76. The SMILES string of the molecule is NC1CN(c2nc3ccccc3s2)C1.O=C(O)C(F)(F)F. The van der Waals surface area contributed by atoms with Crippen LogP contribution in [0, 0.1) is 0 Å². The number of carbonyl (C=O) groups is 1. The lowest BCUT2D eigenvalue weighted by Crippen LogP contribution is -2.55. The zero-order valence-electron chi connectivity index (χ0n) is 10.7. The molecule has 3 N–H and O–H groups in total. The Labute approximate surface area is 121 Å². The average molecular weight is 319 g/mol. The van der Waals surface area contributed by atoms with Gasteiger partial charge in [-0.25, -0.2) is 9.78 Å². The summed E-state index contributed by atoms with van der Waals surface area (Å²) in [6.07, 6.45) is -5.08. The van der Waals surface area contributed by atoms with Crippen molar-refractivity contribution in [3.63, 3.8) is 0 Å². The molecular formula is C12H12F3N3O2S. The smallest absolute Gasteiger partial charge is 0.475 e. The van der Waals surface area contributed by atoms with E-state index in [2.05, 4.69) is 22.0 Å². The van der Waals surface area contributed by atoms with Crippen molar-refractivity contribution in [1.29, 1.82) is 0 Å². The van der Waals surface area contributed by atoms with Crippen molar-refractivity contribution in [2.24, 2.45) is 5.73 Å². The Bertz CT molecular complexity index is 605. The van der Waals surface area contributed by atoms with Gasteiger partial charge >= 0.3 is 12.1 Å². The van der Waals surface area contributed by atoms with Crippen molar-refractivity contribution in [1.82, 2.24) is 4.98 Å². The van der Waals surface area contributed by atoms with Crippen molar-refractivity contribution in [2.45, 2.75) is 12.2 Å². The zero-order valence-corrected chi connectivity index (χ0v) is 11.5. The molecule has 0 amide bonds. The molecule has 1 aromatic carbocycles. The maximum atomic E-state index is 10.6. The molecule has 0 radical (unpaired) electrons. The number of fused-ring (bicyclic) bond motifs is 1. The molecule has 9 heteroatoms. The fraction of sp³-hybridized carbons (Fsp3) is 0.333. The Morgan fingerprint density at radius 1 is 1.38 bits per heavy atom. The number of aliphatic carboxylic acids is 1. The Balaban J connectivity index is 0.000000199. The van der Waals surface area contributed by atoms with Crippen LogP contribution in [0.15, 0.2) is 24.3 Å². The number of carboxylic acid groups (broad SMARTS) is 1. The van der Waals surface area contributed by atoms with E-state index in [0.717, 1.165) is 23.7 Å². The number of anilines is 1. The molecule has 2 aromatic rings. The highest BCUT2D eigenvalue weighted by Gasteiger charge is 2.38. The van der Waals surface area contributed by atoms with Crippen LogP contribution in [0.1, 0.15) is 0 Å². The first-order valence-electron chi connectivity index (χ1n) is 5.93. The van der Waals surface area contributed by atoms with Gasteiger partial charge in [-0.2, -0.15) is 13.2 Å². The molecule has 1 fully saturated rings. The van der Waals surface area contributed by atoms with Crippen LogP contribution in [0.4, 0.5) is 18.3 Å². The highest BCUT2D eigenvalue weighted by molar-refractivity contribution is 7.22. The van der Waals surface area contributed by atoms with E-state index in [1.165, 1.54) is 4.70 Å². The molecule has 0 atom stereocenters. The van der Waals surface area contributed by atoms with Crippen LogP contribution >= 0.6 is 11.3 Å². The van der Waals surface area contributed by atoms with Gasteiger partial charge in [-0.3, -0.25) is 0 Å². The molecule has 3 rings (SSSR count). The zero-order chi connectivity index (χ0) is 15.6. The van der Waals surface area contributed by atoms with Gasteiger partial charge in [0.2, 0.25) is 0 Å². The molecule has 5 nitrogen and oxygen atoms in total. The predicted octanol–water partition coefficient (Wildman–Crippen LogP) is 2.08. The van der Waals surface area contributed by atoms with Crippen LogP contribution in [0.5, 0.6) is 0 Å². The molecule has 1 saturated heterocycles. The minimum atomic E-state index is -5.08. The third-order valence-corrected chi connectivity index (χ3v) is 3.80. The number of hydrogen-bond acceptors (Lipinski definition) is 5. The molecule has 1 aliphatic rings. The van der Waals surface area contributed by atoms with E-state index in [4.69, 9.17) is 15.6 Å². The van der Waals surface area contributed by atoms with E-state index < -0.39 is 12.1 Å². The Kier molecular flexibility index (Phi) is 4.33. The Hall–Kier alpha value is -1.87. The summed E-state index contributed by atoms with van der Waals surface area (Å²) < 4.78 is 33.0. The van der Waals surface area contributed by atoms with Gasteiger partial charge in [-0.15, -0.1) is 0 Å². The lowest BCUT2D eigenvalue weighted by Gasteiger charge is -2.36. The second-order valence-electron chi connectivity index (χ2n) is 4.43. The van der Waals surface area contributed by atoms with Gasteiger partial charge in [0.05, 0.1) is 10.2 Å². The second-order valence-corrected chi connectivity index (χ2v) is 5.44. The summed E-state index contributed by atoms with van der Waals surface area (Å²) in [5.41, 5.74) is 6.83. The van der Waals surface area contributed by atoms with Gasteiger partial charge in [-0.05, 0) is 12.1 Å². The van der Waals surface area contributed by atoms with Crippen molar-refractivity contribution in [3.8, 4) is 0 Å². The number of alkyl halides is 3. The van der Waals surface area contributed by atoms with E-state index >= 15 is 0 Å². The second kappa shape index (κ2) is 5.86. The molecule has 0 aliphatic carbocycles. The quantitative estimate of drug-likeness (QED) is 0.841. The molecule has 0 spiro atoms. The van der Waals surface area contributed by atoms with Gasteiger partial charge in [0, 0.05) is 19.1 Å². The van der Waals surface area contributed by atoms with Gasteiger partial charge in [-0.1, -0.05) is 23.5 Å². The topological polar surface area (TPSA) is 79.5 Å². The van der Waals surface area contributed by atoms with Crippen molar-refractivity contribution in [3.05, 3.63) is 24.3 Å². The van der Waals surface area contributed by atoms with E-state index in [0.29, 0.717) is 6.04 Å². The van der Waals surface area contributed by atoms with Gasteiger partial charge in [0.15, 0.2) is 5.13 Å². The number of nitrogens with zero attached hydrogens (tertiary/aromatic N) is 2. The van der Waals surface area contributed by atoms with Gasteiger partial charge < -0.3 is 15.7 Å². The lowest BCUT2D eigenvalue weighted by molar-refractivity contribution is -0.192. The first-order chi connectivity index (χ1) is 9.77. The number of rotatable bonds is 1. The van der Waals surface area contributed by atoms with Crippen LogP contribution in [0.25, 0.3) is 10.2 Å². The first kappa shape index (κ1) is 15.5. The molecule has 1 aromatic heterocycles. The summed E-state index contributed by atoms with van der Waals surface area (Å²) in [5, 5.41) is 8.23. The number of thiazole rings is 1. The maximum Gasteiger partial charge on any atom is 0.490 e. The highest BCUT2D eigenvalue weighted by atomic mass is 32.1. The number of aromatic nitrogens is 1. The highest BCUT2D eigenvalue weighted by Crippen LogP contribution is 2.30. The van der Waals surface area contributed by atoms with Gasteiger partial charge in [0.1, 0.15) is 0 Å². The van der Waals surface area contributed by atoms with Crippen LogP contribution < -0.4 is 10.6 Å². The Morgan fingerprint density at radius 2 is 1.95 bits per heavy atom. The molecule has 114 valence electrons. The van der Waals surface area contributed by atoms with Gasteiger partial charge in [0.25, 0.3) is 0 Å². The molecule has 0 saturated carbocycles. The monoisotopic (exact) mass is 319 g/mol. The maximum absolute atomic E-state index is 10.6. The third-order valence-electron chi connectivity index (χ3n) is 2.71. The standard InChI is InChI=1S/C10H11N3S.C2HF3O2/c11-7-5-13(6-7)10-12-8-3-1-2-4-9(8)14-10;3-2(4,5)1(6)7/h1-4,7H,5-6,11H2;(H,6,7). The summed E-state index contributed by atoms with van der Waals surface area (Å²) in [4.78, 5) is 15.7. The van der Waals surface area contributed by atoms with Crippen molar-refractivity contribution in [2.75, 3.05) is 18.0 Å². The van der Waals surface area contributed by atoms with Crippen molar-refractivity contribution >= 4 is 32.7 Å². The largest absolute Gasteiger partial charge is 0.490 e. The average Bonchev–Trinajstić information content (AvgIpc) is 2.77. The van der Waals surface area contributed by atoms with E-state index in [1.807, 2.05) is 12.1 Å². The number of benzene rings is 1. The normalized spacial score (nSPS) is 15.3. The minimum Gasteiger partial charge on any atom is -0.475 e.